The second-order valence-electron chi connectivity index (χ2n) is 7.70. The van der Waals surface area contributed by atoms with Gasteiger partial charge in [0.05, 0.1) is 17.1 Å². The molecule has 0 radical (unpaired) electrons. The molecule has 3 heterocycles. The first kappa shape index (κ1) is 20.5. The first-order valence-electron chi connectivity index (χ1n) is 9.95. The van der Waals surface area contributed by atoms with Crippen LogP contribution in [0.2, 0.25) is 0 Å². The van der Waals surface area contributed by atoms with E-state index in [-0.39, 0.29) is 41.6 Å². The summed E-state index contributed by atoms with van der Waals surface area (Å²) in [7, 11) is -3.68. The van der Waals surface area contributed by atoms with Crippen LogP contribution < -0.4 is 5.32 Å². The van der Waals surface area contributed by atoms with Crippen LogP contribution in [0.3, 0.4) is 0 Å². The molecule has 1 fully saturated rings. The maximum absolute atomic E-state index is 12.9. The molecule has 2 aromatic heterocycles. The van der Waals surface area contributed by atoms with Crippen molar-refractivity contribution in [3.05, 3.63) is 41.5 Å². The zero-order valence-electron chi connectivity index (χ0n) is 17.2. The molecule has 1 aromatic carbocycles. The lowest BCUT2D eigenvalue weighted by atomic mass is 9.97. The SMILES string of the molecule is Cc1noc(C)c1S(=O)(=O)N1CCC(C(=O)NC(C)c2nc3ccccc3[nH]2)CC1. The number of hydrogen-bond acceptors (Lipinski definition) is 6. The summed E-state index contributed by atoms with van der Waals surface area (Å²) in [5.74, 6) is 0.653. The van der Waals surface area contributed by atoms with Crippen molar-refractivity contribution < 1.29 is 17.7 Å². The molecular weight excluding hydrogens is 406 g/mol. The van der Waals surface area contributed by atoms with Crippen molar-refractivity contribution in [2.75, 3.05) is 13.1 Å². The van der Waals surface area contributed by atoms with Gasteiger partial charge in [-0.3, -0.25) is 4.79 Å². The van der Waals surface area contributed by atoms with Gasteiger partial charge >= 0.3 is 0 Å². The Morgan fingerprint density at radius 1 is 1.27 bits per heavy atom. The number of para-hydroxylation sites is 2. The van der Waals surface area contributed by atoms with Crippen LogP contribution in [0.5, 0.6) is 0 Å². The van der Waals surface area contributed by atoms with Crippen LogP contribution in [0.1, 0.15) is 43.1 Å². The molecule has 1 saturated heterocycles. The van der Waals surface area contributed by atoms with E-state index in [0.29, 0.717) is 24.4 Å². The average Bonchev–Trinajstić information content (AvgIpc) is 3.31. The molecule has 0 spiro atoms. The van der Waals surface area contributed by atoms with Gasteiger partial charge in [0.1, 0.15) is 16.4 Å². The van der Waals surface area contributed by atoms with E-state index in [9.17, 15) is 13.2 Å². The Bertz CT molecular complexity index is 1120. The standard InChI is InChI=1S/C20H25N5O4S/c1-12-18(14(3)29-24-12)30(27,28)25-10-8-15(9-11-25)20(26)21-13(2)19-22-16-6-4-5-7-17(16)23-19/h4-7,13,15H,8-11H2,1-3H3,(H,21,26)(H,22,23). The molecular formula is C20H25N5O4S. The van der Waals surface area contributed by atoms with Crippen molar-refractivity contribution in [3.8, 4) is 0 Å². The van der Waals surface area contributed by atoms with Gasteiger partial charge in [0.2, 0.25) is 15.9 Å². The molecule has 1 aliphatic rings. The number of imidazole rings is 1. The van der Waals surface area contributed by atoms with Crippen LogP contribution in [0.4, 0.5) is 0 Å². The van der Waals surface area contributed by atoms with Gasteiger partial charge in [-0.05, 0) is 45.7 Å². The van der Waals surface area contributed by atoms with Gasteiger partial charge in [-0.1, -0.05) is 17.3 Å². The topological polar surface area (TPSA) is 121 Å². The molecule has 3 aromatic rings. The summed E-state index contributed by atoms with van der Waals surface area (Å²) < 4.78 is 32.3. The van der Waals surface area contributed by atoms with E-state index in [1.807, 2.05) is 31.2 Å². The quantitative estimate of drug-likeness (QED) is 0.640. The number of carbonyl (C=O) groups excluding carboxylic acids is 1. The van der Waals surface area contributed by atoms with Gasteiger partial charge in [0, 0.05) is 19.0 Å². The molecule has 9 nitrogen and oxygen atoms in total. The van der Waals surface area contributed by atoms with Crippen molar-refractivity contribution in [3.63, 3.8) is 0 Å². The van der Waals surface area contributed by atoms with Gasteiger partial charge in [-0.15, -0.1) is 0 Å². The maximum atomic E-state index is 12.9. The van der Waals surface area contributed by atoms with E-state index < -0.39 is 10.0 Å². The fraction of sp³-hybridized carbons (Fsp3) is 0.450. The number of nitrogens with one attached hydrogen (secondary N) is 2. The van der Waals surface area contributed by atoms with Gasteiger partial charge in [0.15, 0.2) is 5.76 Å². The van der Waals surface area contributed by atoms with Crippen molar-refractivity contribution in [2.45, 2.75) is 44.6 Å². The maximum Gasteiger partial charge on any atom is 0.248 e. The van der Waals surface area contributed by atoms with Crippen LogP contribution in [-0.2, 0) is 14.8 Å². The van der Waals surface area contributed by atoms with Gasteiger partial charge in [-0.25, -0.2) is 13.4 Å². The minimum Gasteiger partial charge on any atom is -0.360 e. The van der Waals surface area contributed by atoms with Crippen LogP contribution >= 0.6 is 0 Å². The van der Waals surface area contributed by atoms with Crippen molar-refractivity contribution in [1.29, 1.82) is 0 Å². The van der Waals surface area contributed by atoms with E-state index in [2.05, 4.69) is 20.4 Å². The van der Waals surface area contributed by atoms with Crippen molar-refractivity contribution in [2.24, 2.45) is 5.92 Å². The minimum absolute atomic E-state index is 0.0858. The molecule has 0 saturated carbocycles. The lowest BCUT2D eigenvalue weighted by Crippen LogP contribution is -2.43. The molecule has 10 heteroatoms. The molecule has 30 heavy (non-hydrogen) atoms. The molecule has 1 amide bonds. The largest absolute Gasteiger partial charge is 0.360 e. The molecule has 1 atom stereocenters. The third kappa shape index (κ3) is 3.72. The zero-order chi connectivity index (χ0) is 21.5. The Balaban J connectivity index is 1.38. The second kappa shape index (κ2) is 7.84. The third-order valence-corrected chi connectivity index (χ3v) is 7.71. The molecule has 4 rings (SSSR count). The highest BCUT2D eigenvalue weighted by Crippen LogP contribution is 2.28. The minimum atomic E-state index is -3.68. The number of sulfonamides is 1. The summed E-state index contributed by atoms with van der Waals surface area (Å²) in [6.07, 6.45) is 0.919. The van der Waals surface area contributed by atoms with Crippen molar-refractivity contribution in [1.82, 2.24) is 24.7 Å². The van der Waals surface area contributed by atoms with Gasteiger partial charge in [0.25, 0.3) is 0 Å². The Labute approximate surface area is 174 Å². The number of carbonyl (C=O) groups is 1. The molecule has 0 aliphatic carbocycles. The first-order chi connectivity index (χ1) is 14.3. The Morgan fingerprint density at radius 3 is 2.60 bits per heavy atom. The molecule has 1 aliphatic heterocycles. The summed E-state index contributed by atoms with van der Waals surface area (Å²) in [6, 6.07) is 7.43. The van der Waals surface area contributed by atoms with Gasteiger partial charge < -0.3 is 14.8 Å². The summed E-state index contributed by atoms with van der Waals surface area (Å²) >= 11 is 0. The lowest BCUT2D eigenvalue weighted by Gasteiger charge is -2.30. The van der Waals surface area contributed by atoms with Crippen LogP contribution in [0, 0.1) is 19.8 Å². The van der Waals surface area contributed by atoms with E-state index in [0.717, 1.165) is 11.0 Å². The molecule has 2 N–H and O–H groups in total. The number of hydrogen-bond donors (Lipinski definition) is 2. The van der Waals surface area contributed by atoms with E-state index in [4.69, 9.17) is 4.52 Å². The predicted molar refractivity (Wildman–Crippen MR) is 110 cm³/mol. The van der Waals surface area contributed by atoms with E-state index >= 15 is 0 Å². The fourth-order valence-corrected chi connectivity index (χ4v) is 5.67. The number of aromatic amines is 1. The molecule has 160 valence electrons. The number of aryl methyl sites for hydroxylation is 2. The second-order valence-corrected chi connectivity index (χ2v) is 9.58. The molecule has 0 bridgehead atoms. The Hall–Kier alpha value is -2.72. The number of benzene rings is 1. The average molecular weight is 432 g/mol. The summed E-state index contributed by atoms with van der Waals surface area (Å²) in [5.41, 5.74) is 2.13. The summed E-state index contributed by atoms with van der Waals surface area (Å²) in [5, 5.41) is 6.74. The highest BCUT2D eigenvalue weighted by Gasteiger charge is 2.35. The van der Waals surface area contributed by atoms with E-state index in [1.165, 1.54) is 4.31 Å². The number of amides is 1. The molecule has 1 unspecified atom stereocenters. The monoisotopic (exact) mass is 431 g/mol. The highest BCUT2D eigenvalue weighted by atomic mass is 32.2. The van der Waals surface area contributed by atoms with Crippen LogP contribution in [-0.4, -0.2) is 46.8 Å². The third-order valence-electron chi connectivity index (χ3n) is 5.57. The van der Waals surface area contributed by atoms with Crippen LogP contribution in [0.15, 0.2) is 33.7 Å². The van der Waals surface area contributed by atoms with Gasteiger partial charge in [-0.2, -0.15) is 4.31 Å². The van der Waals surface area contributed by atoms with E-state index in [1.54, 1.807) is 13.8 Å². The number of H-pyrrole nitrogens is 1. The highest BCUT2D eigenvalue weighted by molar-refractivity contribution is 7.89. The first-order valence-corrected chi connectivity index (χ1v) is 11.4. The predicted octanol–water partition coefficient (Wildman–Crippen LogP) is 2.45. The Kier molecular flexibility index (Phi) is 5.37. The fourth-order valence-electron chi connectivity index (χ4n) is 3.91. The lowest BCUT2D eigenvalue weighted by molar-refractivity contribution is -0.126. The van der Waals surface area contributed by atoms with Crippen molar-refractivity contribution >= 4 is 27.0 Å². The summed E-state index contributed by atoms with van der Waals surface area (Å²) in [6.45, 7) is 5.65. The normalized spacial score (nSPS) is 17.3. The number of piperidine rings is 1. The number of rotatable bonds is 5. The number of fused-ring (bicyclic) bond motifs is 1. The summed E-state index contributed by atoms with van der Waals surface area (Å²) in [4.78, 5) is 20.6. The Morgan fingerprint density at radius 2 is 1.97 bits per heavy atom. The smallest absolute Gasteiger partial charge is 0.248 e. The zero-order valence-corrected chi connectivity index (χ0v) is 18.0. The number of aromatic nitrogens is 3. The number of nitrogens with zero attached hydrogens (tertiary/aromatic N) is 3. The van der Waals surface area contributed by atoms with Crippen LogP contribution in [0.25, 0.3) is 11.0 Å².